The topological polar surface area (TPSA) is 83.6 Å². The van der Waals surface area contributed by atoms with Crippen LogP contribution in [0.15, 0.2) is 138 Å². The minimum atomic E-state index is -4.03. The summed E-state index contributed by atoms with van der Waals surface area (Å²) in [6, 6.07) is 38.3. The summed E-state index contributed by atoms with van der Waals surface area (Å²) >= 11 is 0. The first-order valence-electron chi connectivity index (χ1n) is 14.3. The molecular weight excluding hydrogens is 568 g/mol. The quantitative estimate of drug-likeness (QED) is 0.174. The van der Waals surface area contributed by atoms with Crippen LogP contribution in [0.3, 0.4) is 0 Å². The van der Waals surface area contributed by atoms with Gasteiger partial charge in [0.15, 0.2) is 5.78 Å². The number of hydrogen-bond donors (Lipinski definition) is 1. The van der Waals surface area contributed by atoms with Crippen LogP contribution in [0.5, 0.6) is 0 Å². The van der Waals surface area contributed by atoms with Crippen molar-refractivity contribution in [2.45, 2.75) is 37.6 Å². The number of nitrogens with one attached hydrogen (secondary N) is 1. The minimum absolute atomic E-state index is 0.0281. The zero-order valence-corrected chi connectivity index (χ0v) is 25.7. The van der Waals surface area contributed by atoms with E-state index < -0.39 is 15.9 Å². The van der Waals surface area contributed by atoms with Gasteiger partial charge in [-0.2, -0.15) is 0 Å². The lowest BCUT2D eigenvalue weighted by atomic mass is 9.86. The molecule has 0 heterocycles. The van der Waals surface area contributed by atoms with E-state index in [1.165, 1.54) is 16.4 Å². The molecule has 1 N–H and O–H groups in total. The van der Waals surface area contributed by atoms with E-state index in [1.54, 1.807) is 66.7 Å². The first-order valence-corrected chi connectivity index (χ1v) is 15.8. The van der Waals surface area contributed by atoms with Gasteiger partial charge in [0.05, 0.1) is 22.7 Å². The third kappa shape index (κ3) is 6.79. The smallest absolute Gasteiger partial charge is 0.264 e. The summed E-state index contributed by atoms with van der Waals surface area (Å²) in [4.78, 5) is 27.1. The van der Waals surface area contributed by atoms with Gasteiger partial charge in [-0.3, -0.25) is 13.9 Å². The lowest BCUT2D eigenvalue weighted by molar-refractivity contribution is 0.102. The summed E-state index contributed by atoms with van der Waals surface area (Å²) in [6.07, 6.45) is 0. The fourth-order valence-electron chi connectivity index (χ4n) is 4.88. The predicted octanol–water partition coefficient (Wildman–Crippen LogP) is 7.86. The molecule has 222 valence electrons. The zero-order valence-electron chi connectivity index (χ0n) is 24.9. The molecule has 5 aromatic rings. The van der Waals surface area contributed by atoms with Crippen LogP contribution in [0, 0.1) is 0 Å². The molecule has 0 saturated carbocycles. The molecule has 44 heavy (non-hydrogen) atoms. The van der Waals surface area contributed by atoms with Gasteiger partial charge in [0.25, 0.3) is 15.9 Å². The summed E-state index contributed by atoms with van der Waals surface area (Å²) < 4.78 is 29.2. The highest BCUT2D eigenvalue weighted by Gasteiger charge is 2.28. The lowest BCUT2D eigenvalue weighted by Crippen LogP contribution is -2.32. The standard InChI is InChI=1S/C37H34N2O4S/c1-37(2,3)30-23-21-28(22-24-30)35(40)29-15-12-16-31(25-29)38-36(41)33-19-10-11-20-34(33)39(26-27-13-6-4-7-14-27)44(42,43)32-17-8-5-9-18-32/h4-25H,26H2,1-3H3,(H,38,41). The van der Waals surface area contributed by atoms with Crippen molar-refractivity contribution in [1.82, 2.24) is 0 Å². The van der Waals surface area contributed by atoms with Gasteiger partial charge < -0.3 is 5.32 Å². The summed E-state index contributed by atoms with van der Waals surface area (Å²) in [6.45, 7) is 6.38. The Hall–Kier alpha value is -5.01. The second-order valence-corrected chi connectivity index (χ2v) is 13.4. The SMILES string of the molecule is CC(C)(C)c1ccc(C(=O)c2cccc(NC(=O)c3ccccc3N(Cc3ccccc3)S(=O)(=O)c3ccccc3)c2)cc1. The van der Waals surface area contributed by atoms with Crippen LogP contribution in [-0.2, 0) is 22.0 Å². The van der Waals surface area contributed by atoms with Crippen LogP contribution in [0.1, 0.15) is 58.2 Å². The van der Waals surface area contributed by atoms with Crippen molar-refractivity contribution in [3.63, 3.8) is 0 Å². The molecule has 0 saturated heterocycles. The van der Waals surface area contributed by atoms with Gasteiger partial charge in [0.1, 0.15) is 0 Å². The number of nitrogens with zero attached hydrogens (tertiary/aromatic N) is 1. The molecule has 5 rings (SSSR count). The van der Waals surface area contributed by atoms with Crippen LogP contribution in [0.4, 0.5) is 11.4 Å². The Labute approximate surface area is 259 Å². The number of carbonyl (C=O) groups excluding carboxylic acids is 2. The van der Waals surface area contributed by atoms with Crippen molar-refractivity contribution in [2.75, 3.05) is 9.62 Å². The highest BCUT2D eigenvalue weighted by molar-refractivity contribution is 7.92. The molecule has 0 radical (unpaired) electrons. The third-order valence-corrected chi connectivity index (χ3v) is 9.09. The number of hydrogen-bond acceptors (Lipinski definition) is 4. The molecular formula is C37H34N2O4S. The van der Waals surface area contributed by atoms with Gasteiger partial charge in [0.2, 0.25) is 0 Å². The molecule has 1 amide bonds. The first-order chi connectivity index (χ1) is 21.0. The summed E-state index contributed by atoms with van der Waals surface area (Å²) in [5.41, 5.74) is 3.68. The molecule has 0 aliphatic heterocycles. The molecule has 6 nitrogen and oxygen atoms in total. The molecule has 0 atom stereocenters. The molecule has 7 heteroatoms. The number of carbonyl (C=O) groups is 2. The lowest BCUT2D eigenvalue weighted by Gasteiger charge is -2.26. The molecule has 0 aromatic heterocycles. The van der Waals surface area contributed by atoms with Crippen molar-refractivity contribution in [1.29, 1.82) is 0 Å². The van der Waals surface area contributed by atoms with Crippen molar-refractivity contribution in [2.24, 2.45) is 0 Å². The monoisotopic (exact) mass is 602 g/mol. The van der Waals surface area contributed by atoms with Gasteiger partial charge in [-0.25, -0.2) is 8.42 Å². The fraction of sp³-hybridized carbons (Fsp3) is 0.135. The third-order valence-electron chi connectivity index (χ3n) is 7.31. The minimum Gasteiger partial charge on any atom is -0.322 e. The van der Waals surface area contributed by atoms with Crippen molar-refractivity contribution in [3.8, 4) is 0 Å². The first kappa shape index (κ1) is 30.4. The van der Waals surface area contributed by atoms with Crippen molar-refractivity contribution < 1.29 is 18.0 Å². The van der Waals surface area contributed by atoms with E-state index in [-0.39, 0.29) is 33.9 Å². The van der Waals surface area contributed by atoms with Gasteiger partial charge in [-0.1, -0.05) is 118 Å². The number of anilines is 2. The zero-order chi connectivity index (χ0) is 31.3. The second-order valence-electron chi connectivity index (χ2n) is 11.5. The van der Waals surface area contributed by atoms with E-state index in [0.29, 0.717) is 16.8 Å². The van der Waals surface area contributed by atoms with Crippen LogP contribution in [0.25, 0.3) is 0 Å². The van der Waals surface area contributed by atoms with Gasteiger partial charge in [-0.15, -0.1) is 0 Å². The summed E-state index contributed by atoms with van der Waals surface area (Å²) in [5.74, 6) is -0.661. The maximum Gasteiger partial charge on any atom is 0.264 e. The molecule has 0 aliphatic carbocycles. The number of sulfonamides is 1. The number of amides is 1. The summed E-state index contributed by atoms with van der Waals surface area (Å²) in [5, 5.41) is 2.87. The maximum atomic E-state index is 14.0. The average molecular weight is 603 g/mol. The van der Waals surface area contributed by atoms with Gasteiger partial charge >= 0.3 is 0 Å². The number of para-hydroxylation sites is 1. The van der Waals surface area contributed by atoms with E-state index in [1.807, 2.05) is 54.6 Å². The van der Waals surface area contributed by atoms with E-state index in [9.17, 15) is 18.0 Å². The Morgan fingerprint density at radius 1 is 0.682 bits per heavy atom. The predicted molar refractivity (Wildman–Crippen MR) is 176 cm³/mol. The van der Waals surface area contributed by atoms with Crippen molar-refractivity contribution >= 4 is 33.1 Å². The van der Waals surface area contributed by atoms with Crippen LogP contribution in [-0.4, -0.2) is 20.1 Å². The molecule has 0 fully saturated rings. The normalized spacial score (nSPS) is 11.5. The highest BCUT2D eigenvalue weighted by atomic mass is 32.2. The molecule has 0 bridgehead atoms. The molecule has 5 aromatic carbocycles. The van der Waals surface area contributed by atoms with Crippen LogP contribution in [0.2, 0.25) is 0 Å². The largest absolute Gasteiger partial charge is 0.322 e. The van der Waals surface area contributed by atoms with E-state index in [4.69, 9.17) is 0 Å². The van der Waals surface area contributed by atoms with Crippen LogP contribution < -0.4 is 9.62 Å². The maximum absolute atomic E-state index is 14.0. The fourth-order valence-corrected chi connectivity index (χ4v) is 6.37. The van der Waals surface area contributed by atoms with Gasteiger partial charge in [-0.05, 0) is 52.9 Å². The average Bonchev–Trinajstić information content (AvgIpc) is 3.04. The Kier molecular flexibility index (Phi) is 8.78. The van der Waals surface area contributed by atoms with E-state index >= 15 is 0 Å². The Morgan fingerprint density at radius 3 is 1.95 bits per heavy atom. The number of benzene rings is 5. The van der Waals surface area contributed by atoms with Crippen molar-refractivity contribution in [3.05, 3.63) is 161 Å². The van der Waals surface area contributed by atoms with Crippen LogP contribution >= 0.6 is 0 Å². The Morgan fingerprint density at radius 2 is 1.30 bits per heavy atom. The number of ketones is 1. The Balaban J connectivity index is 1.45. The molecule has 0 unspecified atom stereocenters. The summed E-state index contributed by atoms with van der Waals surface area (Å²) in [7, 11) is -4.03. The highest BCUT2D eigenvalue weighted by Crippen LogP contribution is 2.30. The Bertz CT molecular complexity index is 1880. The molecule has 0 spiro atoms. The van der Waals surface area contributed by atoms with E-state index in [0.717, 1.165) is 11.1 Å². The van der Waals surface area contributed by atoms with Gasteiger partial charge in [0, 0.05) is 16.8 Å². The number of rotatable bonds is 9. The van der Waals surface area contributed by atoms with E-state index in [2.05, 4.69) is 26.1 Å². The second kappa shape index (κ2) is 12.7. The molecule has 0 aliphatic rings.